The van der Waals surface area contributed by atoms with Gasteiger partial charge in [-0.1, -0.05) is 18.2 Å². The summed E-state index contributed by atoms with van der Waals surface area (Å²) in [7, 11) is -3.66. The average Bonchev–Trinajstić information content (AvgIpc) is 2.97. The largest absolute Gasteiger partial charge is 0.482 e. The summed E-state index contributed by atoms with van der Waals surface area (Å²) in [5.74, 6) is 0.120. The van der Waals surface area contributed by atoms with Crippen LogP contribution in [0.2, 0.25) is 0 Å². The predicted molar refractivity (Wildman–Crippen MR) is 110 cm³/mol. The fourth-order valence-electron chi connectivity index (χ4n) is 3.27. The Hall–Kier alpha value is -3.40. The van der Waals surface area contributed by atoms with Crippen molar-refractivity contribution in [2.45, 2.75) is 30.8 Å². The van der Waals surface area contributed by atoms with Gasteiger partial charge < -0.3 is 15.4 Å². The fraction of sp³-hybridized carbons (Fsp3) is 0.250. The summed E-state index contributed by atoms with van der Waals surface area (Å²) in [4.78, 5) is 28.6. The highest BCUT2D eigenvalue weighted by molar-refractivity contribution is 7.90. The number of benzene rings is 2. The molecule has 9 nitrogen and oxygen atoms in total. The van der Waals surface area contributed by atoms with Crippen LogP contribution in [-0.2, 0) is 19.6 Å². The molecule has 0 aliphatic carbocycles. The summed E-state index contributed by atoms with van der Waals surface area (Å²) in [5.41, 5.74) is 1.77. The zero-order valence-corrected chi connectivity index (χ0v) is 17.1. The second-order valence-electron chi connectivity index (χ2n) is 7.08. The number of amides is 2. The standard InChI is InChI=1S/C20H20N4O5S/c1-11(13-7-8-16-15(9-13)23-18(25)10-29-16)22-20(26)12(2)21-19-14-5-3-4-6-17(14)30(27,28)24-19/h3-9,11-12H,10H2,1-2H3,(H,21,24)(H,22,26)(H,23,25)/t11?,12-/m0/s1. The van der Waals surface area contributed by atoms with Crippen molar-refractivity contribution < 1.29 is 22.7 Å². The number of hydrogen-bond donors (Lipinski definition) is 3. The Morgan fingerprint density at radius 2 is 1.97 bits per heavy atom. The lowest BCUT2D eigenvalue weighted by Crippen LogP contribution is -2.35. The van der Waals surface area contributed by atoms with Crippen LogP contribution in [0.25, 0.3) is 0 Å². The molecule has 0 radical (unpaired) electrons. The number of ether oxygens (including phenoxy) is 1. The van der Waals surface area contributed by atoms with Gasteiger partial charge in [0.15, 0.2) is 6.61 Å². The monoisotopic (exact) mass is 428 g/mol. The normalized spacial score (nSPS) is 19.5. The molecule has 10 heteroatoms. The number of fused-ring (bicyclic) bond motifs is 2. The molecule has 156 valence electrons. The maximum Gasteiger partial charge on any atom is 0.263 e. The maximum absolute atomic E-state index is 12.6. The highest BCUT2D eigenvalue weighted by atomic mass is 32.2. The summed E-state index contributed by atoms with van der Waals surface area (Å²) >= 11 is 0. The first-order valence-corrected chi connectivity index (χ1v) is 10.8. The van der Waals surface area contributed by atoms with Crippen LogP contribution in [0.5, 0.6) is 5.75 Å². The highest BCUT2D eigenvalue weighted by Gasteiger charge is 2.31. The van der Waals surface area contributed by atoms with Gasteiger partial charge in [-0.05, 0) is 43.7 Å². The third-order valence-corrected chi connectivity index (χ3v) is 6.26. The molecule has 2 amide bonds. The Morgan fingerprint density at radius 1 is 1.20 bits per heavy atom. The summed E-state index contributed by atoms with van der Waals surface area (Å²) in [6, 6.07) is 10.6. The minimum Gasteiger partial charge on any atom is -0.482 e. The molecule has 0 aromatic heterocycles. The first-order valence-electron chi connectivity index (χ1n) is 9.31. The van der Waals surface area contributed by atoms with Crippen molar-refractivity contribution in [2.24, 2.45) is 4.99 Å². The summed E-state index contributed by atoms with van der Waals surface area (Å²) in [6.45, 7) is 3.37. The molecule has 2 aliphatic rings. The van der Waals surface area contributed by atoms with E-state index in [9.17, 15) is 18.0 Å². The van der Waals surface area contributed by atoms with E-state index in [0.29, 0.717) is 17.0 Å². The molecule has 0 bridgehead atoms. The van der Waals surface area contributed by atoms with Gasteiger partial charge in [0.05, 0.1) is 16.6 Å². The SMILES string of the molecule is CC(NC(=O)[C@H](C)N=C1NS(=O)(=O)c2ccccc21)c1ccc2c(c1)NC(=O)CO2. The van der Waals surface area contributed by atoms with E-state index in [-0.39, 0.29) is 35.2 Å². The number of nitrogens with zero attached hydrogens (tertiary/aromatic N) is 1. The molecule has 2 aromatic rings. The van der Waals surface area contributed by atoms with Crippen LogP contribution >= 0.6 is 0 Å². The first kappa shape index (κ1) is 19.9. The fourth-order valence-corrected chi connectivity index (χ4v) is 4.51. The van der Waals surface area contributed by atoms with Gasteiger partial charge in [-0.15, -0.1) is 0 Å². The van der Waals surface area contributed by atoms with E-state index in [1.54, 1.807) is 50.2 Å². The van der Waals surface area contributed by atoms with Crippen molar-refractivity contribution in [1.82, 2.24) is 10.0 Å². The molecule has 0 fully saturated rings. The van der Waals surface area contributed by atoms with Crippen LogP contribution in [0.3, 0.4) is 0 Å². The Morgan fingerprint density at radius 3 is 2.77 bits per heavy atom. The molecule has 0 saturated heterocycles. The molecule has 30 heavy (non-hydrogen) atoms. The number of amidine groups is 1. The number of carbonyl (C=O) groups is 2. The molecule has 1 unspecified atom stereocenters. The van der Waals surface area contributed by atoms with Gasteiger partial charge in [-0.2, -0.15) is 0 Å². The van der Waals surface area contributed by atoms with Crippen molar-refractivity contribution in [3.05, 3.63) is 53.6 Å². The number of carbonyl (C=O) groups excluding carboxylic acids is 2. The second kappa shape index (κ2) is 7.45. The minimum absolute atomic E-state index is 0.0244. The van der Waals surface area contributed by atoms with Gasteiger partial charge in [0.1, 0.15) is 17.6 Å². The molecule has 4 rings (SSSR count). The Labute approximate surface area is 173 Å². The van der Waals surface area contributed by atoms with Gasteiger partial charge in [0.2, 0.25) is 5.91 Å². The average molecular weight is 428 g/mol. The van der Waals surface area contributed by atoms with Crippen LogP contribution < -0.4 is 20.1 Å². The number of aliphatic imine (C=N–C) groups is 1. The number of rotatable bonds is 4. The molecule has 2 atom stereocenters. The smallest absolute Gasteiger partial charge is 0.263 e. The van der Waals surface area contributed by atoms with E-state index < -0.39 is 16.1 Å². The van der Waals surface area contributed by atoms with E-state index in [2.05, 4.69) is 20.3 Å². The van der Waals surface area contributed by atoms with E-state index in [0.717, 1.165) is 5.56 Å². The lowest BCUT2D eigenvalue weighted by atomic mass is 10.1. The lowest BCUT2D eigenvalue weighted by Gasteiger charge is -2.21. The van der Waals surface area contributed by atoms with Crippen LogP contribution in [-0.4, -0.2) is 38.7 Å². The van der Waals surface area contributed by atoms with Gasteiger partial charge in [-0.3, -0.25) is 19.3 Å². The van der Waals surface area contributed by atoms with Gasteiger partial charge >= 0.3 is 0 Å². The number of nitrogens with one attached hydrogen (secondary N) is 3. The first-order chi connectivity index (χ1) is 14.2. The Balaban J connectivity index is 1.49. The molecule has 2 heterocycles. The van der Waals surface area contributed by atoms with Crippen molar-refractivity contribution in [3.63, 3.8) is 0 Å². The summed E-state index contributed by atoms with van der Waals surface area (Å²) in [6.07, 6.45) is 0. The highest BCUT2D eigenvalue weighted by Crippen LogP contribution is 2.30. The quantitative estimate of drug-likeness (QED) is 0.677. The van der Waals surface area contributed by atoms with E-state index >= 15 is 0 Å². The summed E-state index contributed by atoms with van der Waals surface area (Å²) < 4.78 is 32.1. The Bertz CT molecular complexity index is 1180. The molecule has 2 aliphatic heterocycles. The summed E-state index contributed by atoms with van der Waals surface area (Å²) in [5, 5.41) is 5.59. The van der Waals surface area contributed by atoms with Crippen molar-refractivity contribution in [2.75, 3.05) is 11.9 Å². The number of anilines is 1. The van der Waals surface area contributed by atoms with Gasteiger partial charge in [0, 0.05) is 5.56 Å². The van der Waals surface area contributed by atoms with E-state index in [4.69, 9.17) is 4.74 Å². The van der Waals surface area contributed by atoms with Gasteiger partial charge in [-0.25, -0.2) is 8.42 Å². The third-order valence-electron chi connectivity index (χ3n) is 4.86. The zero-order chi connectivity index (χ0) is 21.5. The minimum atomic E-state index is -3.66. The van der Waals surface area contributed by atoms with E-state index in [1.165, 1.54) is 6.07 Å². The molecule has 0 saturated carbocycles. The topological polar surface area (TPSA) is 126 Å². The number of hydrogen-bond acceptors (Lipinski definition) is 6. The van der Waals surface area contributed by atoms with Crippen LogP contribution in [0.15, 0.2) is 52.4 Å². The predicted octanol–water partition coefficient (Wildman–Crippen LogP) is 1.32. The number of sulfonamides is 1. The molecular formula is C20H20N4O5S. The van der Waals surface area contributed by atoms with Crippen molar-refractivity contribution in [1.29, 1.82) is 0 Å². The van der Waals surface area contributed by atoms with E-state index in [1.807, 2.05) is 0 Å². The Kier molecular flexibility index (Phi) is 4.94. The van der Waals surface area contributed by atoms with Crippen LogP contribution in [0.4, 0.5) is 5.69 Å². The maximum atomic E-state index is 12.6. The molecule has 3 N–H and O–H groups in total. The molecular weight excluding hydrogens is 408 g/mol. The van der Waals surface area contributed by atoms with Gasteiger partial charge in [0.25, 0.3) is 15.9 Å². The lowest BCUT2D eigenvalue weighted by molar-refractivity contribution is -0.122. The third kappa shape index (κ3) is 3.73. The zero-order valence-electron chi connectivity index (χ0n) is 16.3. The molecule has 0 spiro atoms. The second-order valence-corrected chi connectivity index (χ2v) is 8.73. The van der Waals surface area contributed by atoms with Crippen LogP contribution in [0, 0.1) is 0 Å². The molecule has 2 aromatic carbocycles. The van der Waals surface area contributed by atoms with Crippen LogP contribution in [0.1, 0.15) is 31.0 Å². The van der Waals surface area contributed by atoms with Crippen molar-refractivity contribution >= 4 is 33.4 Å². The van der Waals surface area contributed by atoms with Crippen molar-refractivity contribution in [3.8, 4) is 5.75 Å².